The van der Waals surface area contributed by atoms with Gasteiger partial charge in [0.25, 0.3) is 0 Å². The van der Waals surface area contributed by atoms with Crippen LogP contribution in [0.5, 0.6) is 0 Å². The van der Waals surface area contributed by atoms with E-state index in [1.165, 1.54) is 0 Å². The molecular formula is C12H18N4O. The molecule has 0 bridgehead atoms. The van der Waals surface area contributed by atoms with E-state index in [1.807, 2.05) is 12.1 Å². The van der Waals surface area contributed by atoms with Gasteiger partial charge in [-0.15, -0.1) is 0 Å². The van der Waals surface area contributed by atoms with E-state index in [0.29, 0.717) is 11.8 Å². The molecular weight excluding hydrogens is 216 g/mol. The van der Waals surface area contributed by atoms with Crippen LogP contribution in [0, 0.1) is 5.41 Å². The Morgan fingerprint density at radius 2 is 2.53 bits per heavy atom. The molecule has 92 valence electrons. The van der Waals surface area contributed by atoms with Crippen molar-refractivity contribution in [3.05, 3.63) is 29.6 Å². The third-order valence-electron chi connectivity index (χ3n) is 3.10. The van der Waals surface area contributed by atoms with Crippen molar-refractivity contribution in [2.24, 2.45) is 5.73 Å². The van der Waals surface area contributed by atoms with Crippen molar-refractivity contribution in [2.75, 3.05) is 20.2 Å². The first-order valence-electron chi connectivity index (χ1n) is 5.74. The maximum absolute atomic E-state index is 7.50. The summed E-state index contributed by atoms with van der Waals surface area (Å²) in [5.41, 5.74) is 7.12. The van der Waals surface area contributed by atoms with Crippen molar-refractivity contribution < 1.29 is 4.74 Å². The number of nitrogens with two attached hydrogens (primary N) is 1. The standard InChI is InChI=1S/C12H18N4O/c1-17-10-4-6-16(8-10)7-9-3-2-5-15-11(9)12(13)14/h2-3,5,10H,4,6-8H2,1H3,(H3,13,14). The van der Waals surface area contributed by atoms with E-state index in [4.69, 9.17) is 15.9 Å². The Labute approximate surface area is 101 Å². The number of likely N-dealkylation sites (tertiary alicyclic amines) is 1. The molecule has 1 atom stereocenters. The molecule has 1 aliphatic rings. The van der Waals surface area contributed by atoms with Gasteiger partial charge in [0.05, 0.1) is 6.10 Å². The number of methoxy groups -OCH3 is 1. The van der Waals surface area contributed by atoms with E-state index in [9.17, 15) is 0 Å². The average Bonchev–Trinajstić information content (AvgIpc) is 2.77. The number of pyridine rings is 1. The number of ether oxygens (including phenoxy) is 1. The van der Waals surface area contributed by atoms with Crippen LogP contribution in [0.1, 0.15) is 17.7 Å². The van der Waals surface area contributed by atoms with E-state index in [1.54, 1.807) is 13.3 Å². The SMILES string of the molecule is COC1CCN(Cc2cccnc2C(=N)N)C1. The molecule has 0 spiro atoms. The normalized spacial score (nSPS) is 20.6. The number of nitrogens with zero attached hydrogens (tertiary/aromatic N) is 2. The molecule has 0 aliphatic carbocycles. The maximum Gasteiger partial charge on any atom is 0.142 e. The van der Waals surface area contributed by atoms with Gasteiger partial charge in [0.2, 0.25) is 0 Å². The molecule has 1 aliphatic heterocycles. The van der Waals surface area contributed by atoms with Crippen LogP contribution in [0.2, 0.25) is 0 Å². The minimum absolute atomic E-state index is 0.0306. The topological polar surface area (TPSA) is 75.2 Å². The van der Waals surface area contributed by atoms with Gasteiger partial charge in [-0.25, -0.2) is 0 Å². The van der Waals surface area contributed by atoms with Crippen LogP contribution < -0.4 is 5.73 Å². The second-order valence-corrected chi connectivity index (χ2v) is 4.31. The highest BCUT2D eigenvalue weighted by Crippen LogP contribution is 2.16. The first-order valence-corrected chi connectivity index (χ1v) is 5.74. The minimum Gasteiger partial charge on any atom is -0.382 e. The summed E-state index contributed by atoms with van der Waals surface area (Å²) in [6.07, 6.45) is 3.06. The zero-order valence-electron chi connectivity index (χ0n) is 10.0. The van der Waals surface area contributed by atoms with E-state index in [0.717, 1.165) is 31.6 Å². The number of hydrogen-bond acceptors (Lipinski definition) is 4. The lowest BCUT2D eigenvalue weighted by Gasteiger charge is -2.17. The first kappa shape index (κ1) is 12.0. The van der Waals surface area contributed by atoms with Gasteiger partial charge in [-0.1, -0.05) is 6.07 Å². The Hall–Kier alpha value is -1.46. The number of amidine groups is 1. The lowest BCUT2D eigenvalue weighted by molar-refractivity contribution is 0.107. The van der Waals surface area contributed by atoms with Gasteiger partial charge >= 0.3 is 0 Å². The lowest BCUT2D eigenvalue weighted by atomic mass is 10.1. The zero-order valence-corrected chi connectivity index (χ0v) is 10.0. The second-order valence-electron chi connectivity index (χ2n) is 4.31. The van der Waals surface area contributed by atoms with Crippen molar-refractivity contribution in [3.63, 3.8) is 0 Å². The number of rotatable bonds is 4. The average molecular weight is 234 g/mol. The number of nitrogen functional groups attached to an aromatic ring is 1. The molecule has 17 heavy (non-hydrogen) atoms. The molecule has 0 aromatic carbocycles. The Morgan fingerprint density at radius 3 is 3.18 bits per heavy atom. The molecule has 1 saturated heterocycles. The monoisotopic (exact) mass is 234 g/mol. The summed E-state index contributed by atoms with van der Waals surface area (Å²) in [5, 5.41) is 7.50. The summed E-state index contributed by atoms with van der Waals surface area (Å²) in [4.78, 5) is 6.46. The fraction of sp³-hybridized carbons (Fsp3) is 0.500. The van der Waals surface area contributed by atoms with Crippen LogP contribution in [0.15, 0.2) is 18.3 Å². The van der Waals surface area contributed by atoms with Crippen LogP contribution in [0.4, 0.5) is 0 Å². The molecule has 1 fully saturated rings. The number of hydrogen-bond donors (Lipinski definition) is 2. The Kier molecular flexibility index (Phi) is 3.71. The zero-order chi connectivity index (χ0) is 12.3. The van der Waals surface area contributed by atoms with E-state index < -0.39 is 0 Å². The fourth-order valence-electron chi connectivity index (χ4n) is 2.18. The summed E-state index contributed by atoms with van der Waals surface area (Å²) in [7, 11) is 1.75. The molecule has 0 radical (unpaired) electrons. The van der Waals surface area contributed by atoms with Crippen LogP contribution in [-0.2, 0) is 11.3 Å². The quantitative estimate of drug-likeness (QED) is 0.590. The number of aromatic nitrogens is 1. The highest BCUT2D eigenvalue weighted by atomic mass is 16.5. The van der Waals surface area contributed by atoms with E-state index in [-0.39, 0.29) is 5.84 Å². The van der Waals surface area contributed by atoms with Crippen LogP contribution in [-0.4, -0.2) is 42.0 Å². The van der Waals surface area contributed by atoms with Crippen LogP contribution >= 0.6 is 0 Å². The van der Waals surface area contributed by atoms with Gasteiger partial charge in [0.15, 0.2) is 0 Å². The maximum atomic E-state index is 7.50. The lowest BCUT2D eigenvalue weighted by Crippen LogP contribution is -2.25. The Morgan fingerprint density at radius 1 is 1.71 bits per heavy atom. The van der Waals surface area contributed by atoms with Gasteiger partial charge in [-0.3, -0.25) is 15.3 Å². The van der Waals surface area contributed by atoms with Gasteiger partial charge in [0, 0.05) is 32.9 Å². The Balaban J connectivity index is 2.06. The van der Waals surface area contributed by atoms with Gasteiger partial charge < -0.3 is 10.5 Å². The van der Waals surface area contributed by atoms with Gasteiger partial charge in [-0.05, 0) is 18.1 Å². The summed E-state index contributed by atoms with van der Waals surface area (Å²) < 4.78 is 5.33. The Bertz CT molecular complexity index is 407. The van der Waals surface area contributed by atoms with Crippen LogP contribution in [0.25, 0.3) is 0 Å². The van der Waals surface area contributed by atoms with Crippen molar-refractivity contribution in [2.45, 2.75) is 19.1 Å². The third-order valence-corrected chi connectivity index (χ3v) is 3.10. The van der Waals surface area contributed by atoms with Crippen molar-refractivity contribution >= 4 is 5.84 Å². The summed E-state index contributed by atoms with van der Waals surface area (Å²) >= 11 is 0. The van der Waals surface area contributed by atoms with Crippen LogP contribution in [0.3, 0.4) is 0 Å². The molecule has 3 N–H and O–H groups in total. The van der Waals surface area contributed by atoms with Crippen molar-refractivity contribution in [1.82, 2.24) is 9.88 Å². The molecule has 5 nitrogen and oxygen atoms in total. The first-order chi connectivity index (χ1) is 8.20. The molecule has 1 aromatic rings. The molecule has 2 heterocycles. The molecule has 0 amide bonds. The predicted molar refractivity (Wildman–Crippen MR) is 65.9 cm³/mol. The fourth-order valence-corrected chi connectivity index (χ4v) is 2.18. The molecule has 1 aromatic heterocycles. The van der Waals surface area contributed by atoms with Crippen molar-refractivity contribution in [3.8, 4) is 0 Å². The highest BCUT2D eigenvalue weighted by molar-refractivity contribution is 5.94. The van der Waals surface area contributed by atoms with Gasteiger partial charge in [-0.2, -0.15) is 0 Å². The molecule has 5 heteroatoms. The molecule has 1 unspecified atom stereocenters. The summed E-state index contributed by atoms with van der Waals surface area (Å²) in [6, 6.07) is 3.86. The number of nitrogens with one attached hydrogen (secondary N) is 1. The van der Waals surface area contributed by atoms with Crippen molar-refractivity contribution in [1.29, 1.82) is 5.41 Å². The predicted octanol–water partition coefficient (Wildman–Crippen LogP) is 0.586. The smallest absolute Gasteiger partial charge is 0.142 e. The summed E-state index contributed by atoms with van der Waals surface area (Å²) in [6.45, 7) is 2.73. The molecule has 0 saturated carbocycles. The summed E-state index contributed by atoms with van der Waals surface area (Å²) in [5.74, 6) is 0.0306. The largest absolute Gasteiger partial charge is 0.382 e. The highest BCUT2D eigenvalue weighted by Gasteiger charge is 2.22. The molecule has 2 rings (SSSR count). The van der Waals surface area contributed by atoms with E-state index >= 15 is 0 Å². The minimum atomic E-state index is 0.0306. The van der Waals surface area contributed by atoms with E-state index in [2.05, 4.69) is 9.88 Å². The van der Waals surface area contributed by atoms with Gasteiger partial charge in [0.1, 0.15) is 11.5 Å². The third kappa shape index (κ3) is 2.81. The second kappa shape index (κ2) is 5.25.